The number of hydrogen-bond acceptors (Lipinski definition) is 4. The van der Waals surface area contributed by atoms with Crippen molar-refractivity contribution in [2.75, 3.05) is 6.54 Å². The zero-order chi connectivity index (χ0) is 19.9. The van der Waals surface area contributed by atoms with Gasteiger partial charge in [-0.2, -0.15) is 4.31 Å². The van der Waals surface area contributed by atoms with Gasteiger partial charge in [0.1, 0.15) is 0 Å². The molecule has 0 saturated carbocycles. The minimum absolute atomic E-state index is 0.120. The molecular formula is C20H32BNO4S. The normalized spacial score (nSPS) is 24.8. The van der Waals surface area contributed by atoms with Crippen LogP contribution in [-0.2, 0) is 19.3 Å². The molecule has 0 aromatic heterocycles. The summed E-state index contributed by atoms with van der Waals surface area (Å²) in [6, 6.07) is 7.24. The summed E-state index contributed by atoms with van der Waals surface area (Å²) in [6.45, 7) is 10.8. The minimum atomic E-state index is -3.37. The molecule has 150 valence electrons. The standard InChI is InChI=1S/C20H32BNO4S/c1-16-9-11-18(12-10-16)27(23,24)22-15-13-17(22)8-6-7-14-21-25-19(2,3)20(4,5)26-21/h9-12,17H,6-8,13-15H2,1-5H3/t17-/m1/s1. The Hall–Kier alpha value is -0.885. The fourth-order valence-corrected chi connectivity index (χ4v) is 5.34. The number of nitrogens with zero attached hydrogens (tertiary/aromatic N) is 1. The van der Waals surface area contributed by atoms with Crippen molar-refractivity contribution in [3.63, 3.8) is 0 Å². The summed E-state index contributed by atoms with van der Waals surface area (Å²) in [6.07, 6.45) is 4.65. The molecule has 1 aromatic carbocycles. The Morgan fingerprint density at radius 3 is 2.19 bits per heavy atom. The molecule has 0 amide bonds. The van der Waals surface area contributed by atoms with Gasteiger partial charge in [0.25, 0.3) is 0 Å². The maximum atomic E-state index is 12.8. The molecule has 2 fully saturated rings. The second-order valence-electron chi connectivity index (χ2n) is 8.84. The molecule has 2 saturated heterocycles. The lowest BCUT2D eigenvalue weighted by Gasteiger charge is -2.39. The molecule has 5 nitrogen and oxygen atoms in total. The summed E-state index contributed by atoms with van der Waals surface area (Å²) in [5.41, 5.74) is 0.492. The summed E-state index contributed by atoms with van der Waals surface area (Å²) < 4.78 is 39.3. The van der Waals surface area contributed by atoms with Crippen molar-refractivity contribution in [2.24, 2.45) is 0 Å². The molecule has 2 aliphatic rings. The molecular weight excluding hydrogens is 361 g/mol. The lowest BCUT2D eigenvalue weighted by Crippen LogP contribution is -2.50. The van der Waals surface area contributed by atoms with E-state index in [1.165, 1.54) is 0 Å². The SMILES string of the molecule is Cc1ccc(S(=O)(=O)N2CC[C@H]2CCCCB2OC(C)(C)C(C)(C)O2)cc1. The zero-order valence-electron chi connectivity index (χ0n) is 17.2. The molecule has 0 unspecified atom stereocenters. The van der Waals surface area contributed by atoms with Gasteiger partial charge in [-0.25, -0.2) is 8.42 Å². The van der Waals surface area contributed by atoms with Crippen molar-refractivity contribution in [3.8, 4) is 0 Å². The van der Waals surface area contributed by atoms with Crippen LogP contribution in [0.2, 0.25) is 6.32 Å². The summed E-state index contributed by atoms with van der Waals surface area (Å²) in [5.74, 6) is 0. The zero-order valence-corrected chi connectivity index (χ0v) is 18.0. The third-order valence-electron chi connectivity index (χ3n) is 6.25. The summed E-state index contributed by atoms with van der Waals surface area (Å²) in [7, 11) is -3.53. The third-order valence-corrected chi connectivity index (χ3v) is 8.21. The van der Waals surface area contributed by atoms with Gasteiger partial charge in [-0.3, -0.25) is 0 Å². The van der Waals surface area contributed by atoms with Crippen LogP contribution in [0.4, 0.5) is 0 Å². The average Bonchev–Trinajstić information content (AvgIpc) is 2.73. The van der Waals surface area contributed by atoms with Crippen LogP contribution >= 0.6 is 0 Å². The van der Waals surface area contributed by atoms with Crippen molar-refractivity contribution >= 4 is 17.1 Å². The Morgan fingerprint density at radius 2 is 1.67 bits per heavy atom. The van der Waals surface area contributed by atoms with Gasteiger partial charge in [-0.15, -0.1) is 0 Å². The maximum absolute atomic E-state index is 12.8. The lowest BCUT2D eigenvalue weighted by atomic mass is 9.81. The fraction of sp³-hybridized carbons (Fsp3) is 0.700. The predicted molar refractivity (Wildman–Crippen MR) is 108 cm³/mol. The van der Waals surface area contributed by atoms with Gasteiger partial charge in [0, 0.05) is 12.6 Å². The molecule has 0 radical (unpaired) electrons. The Morgan fingerprint density at radius 1 is 1.07 bits per heavy atom. The third kappa shape index (κ3) is 4.26. The number of hydrogen-bond donors (Lipinski definition) is 0. The predicted octanol–water partition coefficient (Wildman–Crippen LogP) is 4.02. The van der Waals surface area contributed by atoms with Gasteiger partial charge in [-0.1, -0.05) is 30.5 Å². The molecule has 7 heteroatoms. The summed E-state index contributed by atoms with van der Waals surface area (Å²) >= 11 is 0. The minimum Gasteiger partial charge on any atom is -0.403 e. The van der Waals surface area contributed by atoms with E-state index in [0.29, 0.717) is 11.4 Å². The van der Waals surface area contributed by atoms with Crippen molar-refractivity contribution in [1.29, 1.82) is 0 Å². The molecule has 3 rings (SSSR count). The fourth-order valence-electron chi connectivity index (χ4n) is 3.64. The summed E-state index contributed by atoms with van der Waals surface area (Å²) in [5, 5.41) is 0. The molecule has 27 heavy (non-hydrogen) atoms. The highest BCUT2D eigenvalue weighted by Gasteiger charge is 2.50. The Kier molecular flexibility index (Phi) is 5.79. The molecule has 2 aliphatic heterocycles. The van der Waals surface area contributed by atoms with Gasteiger partial charge in [0.05, 0.1) is 16.1 Å². The highest BCUT2D eigenvalue weighted by atomic mass is 32.2. The van der Waals surface area contributed by atoms with Crippen molar-refractivity contribution in [3.05, 3.63) is 29.8 Å². The topological polar surface area (TPSA) is 55.8 Å². The second kappa shape index (κ2) is 7.50. The van der Waals surface area contributed by atoms with Crippen LogP contribution in [0, 0.1) is 6.92 Å². The Labute approximate surface area is 164 Å². The number of unbranched alkanes of at least 4 members (excludes halogenated alkanes) is 1. The quantitative estimate of drug-likeness (QED) is 0.519. The van der Waals surface area contributed by atoms with Crippen LogP contribution in [-0.4, -0.2) is 43.6 Å². The van der Waals surface area contributed by atoms with E-state index in [0.717, 1.165) is 37.6 Å². The van der Waals surface area contributed by atoms with Gasteiger partial charge in [0.2, 0.25) is 10.0 Å². The largest absolute Gasteiger partial charge is 0.457 e. The van der Waals surface area contributed by atoms with Gasteiger partial charge in [0.15, 0.2) is 0 Å². The monoisotopic (exact) mass is 393 g/mol. The first-order chi connectivity index (χ1) is 12.5. The van der Waals surface area contributed by atoms with Crippen LogP contribution in [0.1, 0.15) is 58.9 Å². The number of sulfonamides is 1. The molecule has 0 spiro atoms. The first-order valence-corrected chi connectivity index (χ1v) is 11.4. The first kappa shape index (κ1) is 20.8. The lowest BCUT2D eigenvalue weighted by molar-refractivity contribution is 0.00578. The molecule has 0 N–H and O–H groups in total. The summed E-state index contributed by atoms with van der Waals surface area (Å²) in [4.78, 5) is 0.398. The van der Waals surface area contributed by atoms with Crippen LogP contribution < -0.4 is 0 Å². The van der Waals surface area contributed by atoms with Crippen molar-refractivity contribution in [1.82, 2.24) is 4.31 Å². The van der Waals surface area contributed by atoms with Crippen LogP contribution in [0.25, 0.3) is 0 Å². The first-order valence-electron chi connectivity index (χ1n) is 9.97. The van der Waals surface area contributed by atoms with E-state index in [1.54, 1.807) is 16.4 Å². The number of rotatable bonds is 7. The number of aryl methyl sites for hydroxylation is 1. The van der Waals surface area contributed by atoms with Gasteiger partial charge in [-0.05, 0) is 65.9 Å². The molecule has 2 heterocycles. The Bertz CT molecular complexity index is 745. The van der Waals surface area contributed by atoms with Crippen LogP contribution in [0.5, 0.6) is 0 Å². The van der Waals surface area contributed by atoms with Crippen LogP contribution in [0.3, 0.4) is 0 Å². The van der Waals surface area contributed by atoms with Gasteiger partial charge >= 0.3 is 7.12 Å². The van der Waals surface area contributed by atoms with Crippen molar-refractivity contribution in [2.45, 2.75) is 88.8 Å². The maximum Gasteiger partial charge on any atom is 0.457 e. The second-order valence-corrected chi connectivity index (χ2v) is 10.7. The van der Waals surface area contributed by atoms with E-state index in [-0.39, 0.29) is 24.4 Å². The van der Waals surface area contributed by atoms with E-state index in [1.807, 2.05) is 19.1 Å². The van der Waals surface area contributed by atoms with E-state index < -0.39 is 10.0 Å². The Balaban J connectivity index is 1.46. The van der Waals surface area contributed by atoms with E-state index in [2.05, 4.69) is 27.7 Å². The van der Waals surface area contributed by atoms with Crippen LogP contribution in [0.15, 0.2) is 29.2 Å². The van der Waals surface area contributed by atoms with Crippen molar-refractivity contribution < 1.29 is 17.7 Å². The van der Waals surface area contributed by atoms with Gasteiger partial charge < -0.3 is 9.31 Å². The van der Waals surface area contributed by atoms with E-state index >= 15 is 0 Å². The molecule has 1 aromatic rings. The smallest absolute Gasteiger partial charge is 0.403 e. The average molecular weight is 393 g/mol. The van der Waals surface area contributed by atoms with E-state index in [4.69, 9.17) is 9.31 Å². The highest BCUT2D eigenvalue weighted by Crippen LogP contribution is 2.38. The van der Waals surface area contributed by atoms with E-state index in [9.17, 15) is 8.42 Å². The molecule has 1 atom stereocenters. The highest BCUT2D eigenvalue weighted by molar-refractivity contribution is 7.89. The molecule has 0 aliphatic carbocycles. The number of benzene rings is 1. The molecule has 0 bridgehead atoms.